The second-order valence-corrected chi connectivity index (χ2v) is 8.08. The molecule has 0 saturated heterocycles. The number of hydrogen-bond acceptors (Lipinski definition) is 3. The Bertz CT molecular complexity index is 550. The Balaban J connectivity index is 2.22. The third-order valence-corrected chi connectivity index (χ3v) is 4.90. The van der Waals surface area contributed by atoms with Gasteiger partial charge in [-0.1, -0.05) is 38.1 Å². The molecule has 0 saturated carbocycles. The molecule has 2 rings (SSSR count). The molecule has 0 atom stereocenters. The number of phenols is 1. The predicted molar refractivity (Wildman–Crippen MR) is 86.9 cm³/mol. The molecule has 3 nitrogen and oxygen atoms in total. The van der Waals surface area contributed by atoms with E-state index in [2.05, 4.69) is 26.0 Å². The molecule has 0 aliphatic rings. The quantitative estimate of drug-likeness (QED) is 0.849. The molecule has 106 valence electrons. The van der Waals surface area contributed by atoms with Gasteiger partial charge >= 0.3 is 10.0 Å². The van der Waals surface area contributed by atoms with Gasteiger partial charge in [-0.3, -0.25) is 0 Å². The summed E-state index contributed by atoms with van der Waals surface area (Å²) in [6, 6.07) is 15.5. The normalized spacial score (nSPS) is 12.1. The van der Waals surface area contributed by atoms with Crippen molar-refractivity contribution in [3.05, 3.63) is 59.7 Å². The van der Waals surface area contributed by atoms with Crippen LogP contribution in [0.3, 0.4) is 0 Å². The van der Waals surface area contributed by atoms with Crippen molar-refractivity contribution >= 4 is 20.5 Å². The number of rotatable bonds is 5. The topological polar surface area (TPSA) is 38.7 Å². The minimum Gasteiger partial charge on any atom is -0.525 e. The maximum atomic E-state index is 9.39. The lowest BCUT2D eigenvalue weighted by Gasteiger charge is -2.26. The fourth-order valence-corrected chi connectivity index (χ4v) is 2.94. The van der Waals surface area contributed by atoms with Gasteiger partial charge in [-0.25, -0.2) is 0 Å². The first-order valence-electron chi connectivity index (χ1n) is 6.56. The first kappa shape index (κ1) is 14.8. The van der Waals surface area contributed by atoms with Gasteiger partial charge in [-0.2, -0.15) is 0 Å². The van der Waals surface area contributed by atoms with Gasteiger partial charge in [0.05, 0.1) is 0 Å². The van der Waals surface area contributed by atoms with Crippen LogP contribution in [0.2, 0.25) is 0 Å². The maximum absolute atomic E-state index is 9.39. The van der Waals surface area contributed by atoms with E-state index in [1.54, 1.807) is 12.1 Å². The van der Waals surface area contributed by atoms with Crippen LogP contribution in [0, 0.1) is 0 Å². The van der Waals surface area contributed by atoms with Crippen LogP contribution in [0.5, 0.6) is 11.5 Å². The summed E-state index contributed by atoms with van der Waals surface area (Å²) in [6.07, 6.45) is 0. The summed E-state index contributed by atoms with van der Waals surface area (Å²) in [5.41, 5.74) is 2.27. The summed E-state index contributed by atoms with van der Waals surface area (Å²) in [5, 5.41) is 9.39. The van der Waals surface area contributed by atoms with Crippen LogP contribution >= 0.6 is 0 Å². The van der Waals surface area contributed by atoms with E-state index in [0.29, 0.717) is 5.75 Å². The van der Waals surface area contributed by atoms with Crippen LogP contribution in [-0.2, 0) is 9.53 Å². The van der Waals surface area contributed by atoms with Crippen LogP contribution < -0.4 is 4.43 Å². The molecule has 20 heavy (non-hydrogen) atoms. The van der Waals surface area contributed by atoms with Crippen molar-refractivity contribution in [2.45, 2.75) is 19.3 Å². The number of benzene rings is 2. The molecule has 0 unspecified atom stereocenters. The molecule has 0 amide bonds. The Morgan fingerprint density at radius 2 is 1.45 bits per heavy atom. The Morgan fingerprint density at radius 3 is 1.95 bits per heavy atom. The molecule has 2 aromatic rings. The number of aromatic hydroxyl groups is 1. The van der Waals surface area contributed by atoms with Crippen molar-refractivity contribution < 1.29 is 13.6 Å². The molecule has 0 fully saturated rings. The monoisotopic (exact) mass is 304 g/mol. The molecule has 0 bridgehead atoms. The molecule has 5 heteroatoms. The fraction of sp³-hybridized carbons (Fsp3) is 0.200. The molecular weight excluding hydrogens is 284 g/mol. The van der Waals surface area contributed by atoms with Crippen molar-refractivity contribution in [2.24, 2.45) is 0 Å². The van der Waals surface area contributed by atoms with Gasteiger partial charge in [0.2, 0.25) is 0 Å². The minimum atomic E-state index is -0.844. The largest absolute Gasteiger partial charge is 0.525 e. The van der Waals surface area contributed by atoms with E-state index in [4.69, 9.17) is 8.54 Å². The second kappa shape index (κ2) is 6.26. The van der Waals surface area contributed by atoms with Crippen molar-refractivity contribution in [3.8, 4) is 11.5 Å². The summed E-state index contributed by atoms with van der Waals surface area (Å²) in [4.78, 5) is 0. The van der Waals surface area contributed by atoms with Gasteiger partial charge in [0.15, 0.2) is 0 Å². The third-order valence-electron chi connectivity index (χ3n) is 3.51. The number of phenolic OH excluding ortho intramolecular Hbond substituents is 1. The van der Waals surface area contributed by atoms with Crippen LogP contribution in [0.15, 0.2) is 48.5 Å². The van der Waals surface area contributed by atoms with Gasteiger partial charge < -0.3 is 13.6 Å². The summed E-state index contributed by atoms with van der Waals surface area (Å²) < 4.78 is 10.7. The van der Waals surface area contributed by atoms with Gasteiger partial charge in [-0.05, 0) is 35.4 Å². The van der Waals surface area contributed by atoms with Gasteiger partial charge in [-0.15, -0.1) is 0 Å². The highest BCUT2D eigenvalue weighted by Gasteiger charge is 2.22. The Morgan fingerprint density at radius 1 is 0.950 bits per heavy atom. The standard InChI is InChI=1S/C15H20O3Si2/c1-15(2,11-3-7-13(16)8-4-11)12-5-9-14(10-6-12)17-20-18-19/h3-10,16H,20H2,1-2,19H3. The summed E-state index contributed by atoms with van der Waals surface area (Å²) in [7, 11) is -0.105. The minimum absolute atomic E-state index is 0.113. The third kappa shape index (κ3) is 3.30. The highest BCUT2D eigenvalue weighted by molar-refractivity contribution is 6.28. The molecule has 0 aliphatic carbocycles. The lowest BCUT2D eigenvalue weighted by atomic mass is 9.78. The summed E-state index contributed by atoms with van der Waals surface area (Å²) in [6.45, 7) is 4.34. The van der Waals surface area contributed by atoms with E-state index in [-0.39, 0.29) is 5.41 Å². The van der Waals surface area contributed by atoms with Gasteiger partial charge in [0.25, 0.3) is 0 Å². The fourth-order valence-electron chi connectivity index (χ4n) is 2.14. The van der Waals surface area contributed by atoms with E-state index in [1.165, 1.54) is 11.1 Å². The van der Waals surface area contributed by atoms with E-state index < -0.39 is 10.0 Å². The molecule has 0 aliphatic heterocycles. The highest BCUT2D eigenvalue weighted by atomic mass is 28.3. The summed E-state index contributed by atoms with van der Waals surface area (Å²) in [5.74, 6) is 1.17. The molecule has 0 radical (unpaired) electrons. The van der Waals surface area contributed by atoms with Crippen LogP contribution in [0.1, 0.15) is 25.0 Å². The molecule has 0 heterocycles. The Kier molecular flexibility index (Phi) is 4.64. The zero-order valence-corrected chi connectivity index (χ0v) is 15.5. The first-order chi connectivity index (χ1) is 9.54. The average Bonchev–Trinajstić information content (AvgIpc) is 2.46. The van der Waals surface area contributed by atoms with Crippen LogP contribution in [-0.4, -0.2) is 25.6 Å². The van der Waals surface area contributed by atoms with Crippen molar-refractivity contribution in [3.63, 3.8) is 0 Å². The smallest absolute Gasteiger partial charge is 0.355 e. The lowest BCUT2D eigenvalue weighted by Crippen LogP contribution is -2.18. The molecular formula is C15H20O3Si2. The lowest BCUT2D eigenvalue weighted by molar-refractivity contribution is 0.474. The van der Waals surface area contributed by atoms with E-state index in [0.717, 1.165) is 16.2 Å². The van der Waals surface area contributed by atoms with Gasteiger partial charge in [0.1, 0.15) is 22.0 Å². The molecule has 0 aromatic heterocycles. The van der Waals surface area contributed by atoms with Crippen molar-refractivity contribution in [1.82, 2.24) is 0 Å². The Labute approximate surface area is 125 Å². The summed E-state index contributed by atoms with van der Waals surface area (Å²) >= 11 is 0. The maximum Gasteiger partial charge on any atom is 0.355 e. The first-order valence-corrected chi connectivity index (χ1v) is 8.53. The predicted octanol–water partition coefficient (Wildman–Crippen LogP) is 1.39. The van der Waals surface area contributed by atoms with E-state index in [1.807, 2.05) is 24.3 Å². The van der Waals surface area contributed by atoms with Crippen LogP contribution in [0.25, 0.3) is 0 Å². The van der Waals surface area contributed by atoms with E-state index in [9.17, 15) is 5.11 Å². The SMILES string of the molecule is CC(C)(c1ccc(O)cc1)c1ccc(O[SiH2]O[SiH3])cc1. The van der Waals surface area contributed by atoms with Crippen molar-refractivity contribution in [1.29, 1.82) is 0 Å². The zero-order valence-electron chi connectivity index (χ0n) is 12.1. The number of hydrogen-bond donors (Lipinski definition) is 1. The molecule has 0 spiro atoms. The van der Waals surface area contributed by atoms with E-state index >= 15 is 0 Å². The average molecular weight is 304 g/mol. The Hall–Kier alpha value is -1.57. The van der Waals surface area contributed by atoms with Crippen LogP contribution in [0.4, 0.5) is 0 Å². The second-order valence-electron chi connectivity index (χ2n) is 5.25. The molecule has 1 N–H and O–H groups in total. The van der Waals surface area contributed by atoms with Crippen molar-refractivity contribution in [2.75, 3.05) is 0 Å². The van der Waals surface area contributed by atoms with Gasteiger partial charge in [0, 0.05) is 5.41 Å². The zero-order chi connectivity index (χ0) is 14.6. The highest BCUT2D eigenvalue weighted by Crippen LogP contribution is 2.33. The molecule has 2 aromatic carbocycles.